The Labute approximate surface area is 253 Å². The topological polar surface area (TPSA) is 95.0 Å². The molecular weight excluding hydrogens is 1040 g/mol. The normalized spacial score (nSPS) is 14.3. The van der Waals surface area contributed by atoms with Crippen LogP contribution in [-0.2, 0) is 0 Å². The number of hydrogen-bond acceptors (Lipinski definition) is 4. The zero-order chi connectivity index (χ0) is 21.2. The molecule has 161 valence electrons. The average molecular weight is 1060 g/mol. The standard InChI is InChI=1S/C19H20FN4O2.CHI2.Tl.U/c20-16-10-14(17(26)12-25)11-22-18(16)13-6-8-24(9-7-13)19(21)23-15-4-2-1-3-5-15;2-1-3;;/h2-6,10-11,17,25-26H,7-9,12H2,(H2,21,23);1H;;/q2*-1;;+2/t17-;;;/m1.../s1. The minimum absolute atomic E-state index is 0. The van der Waals surface area contributed by atoms with Crippen molar-refractivity contribution in [2.45, 2.75) is 12.5 Å². The van der Waals surface area contributed by atoms with Crippen LogP contribution in [0.3, 0.4) is 0 Å². The summed E-state index contributed by atoms with van der Waals surface area (Å²) >= 11 is 4.30. The first-order valence-electron chi connectivity index (χ1n) is 8.71. The van der Waals surface area contributed by atoms with Crippen LogP contribution in [0.1, 0.15) is 23.8 Å². The Hall–Kier alpha value is 0.664. The quantitative estimate of drug-likeness (QED) is 0.144. The summed E-state index contributed by atoms with van der Waals surface area (Å²) in [6.45, 7) is 0.629. The molecule has 0 fully saturated rings. The number of aliphatic hydroxyl groups is 2. The van der Waals surface area contributed by atoms with E-state index in [4.69, 9.17) is 10.8 Å². The molecule has 0 aliphatic carbocycles. The molecule has 31 heavy (non-hydrogen) atoms. The molecule has 0 saturated heterocycles. The molecule has 11 heteroatoms. The molecule has 0 unspecified atom stereocenters. The largest absolute Gasteiger partial charge is 2.00 e. The zero-order valence-electron chi connectivity index (χ0n) is 16.5. The Balaban J connectivity index is 0.00000170. The number of halogens is 3. The molecule has 1 atom stereocenters. The van der Waals surface area contributed by atoms with E-state index >= 15 is 0 Å². The average Bonchev–Trinajstić information content (AvgIpc) is 2.74. The summed E-state index contributed by atoms with van der Waals surface area (Å²) in [5, 5.41) is 18.5. The number of benzene rings is 1. The van der Waals surface area contributed by atoms with Crippen LogP contribution in [-0.4, -0.2) is 73.1 Å². The van der Waals surface area contributed by atoms with Crippen molar-refractivity contribution in [2.75, 3.05) is 19.7 Å². The van der Waals surface area contributed by atoms with Crippen LogP contribution in [0.15, 0.2) is 47.6 Å². The van der Waals surface area contributed by atoms with Gasteiger partial charge in [-0.25, -0.2) is 11.8 Å². The van der Waals surface area contributed by atoms with Crippen LogP contribution in [0.2, 0.25) is 0 Å². The van der Waals surface area contributed by atoms with Gasteiger partial charge < -0.3 is 66.0 Å². The third-order valence-corrected chi connectivity index (χ3v) is 4.20. The predicted molar refractivity (Wildman–Crippen MR) is 135 cm³/mol. The van der Waals surface area contributed by atoms with Crippen molar-refractivity contribution in [3.8, 4) is 0 Å². The summed E-state index contributed by atoms with van der Waals surface area (Å²) in [5.41, 5.74) is 8.10. The summed E-state index contributed by atoms with van der Waals surface area (Å²) in [5.74, 6) is -0.113. The van der Waals surface area contributed by atoms with Gasteiger partial charge in [-0.2, -0.15) is 18.2 Å². The van der Waals surface area contributed by atoms with E-state index in [0.717, 1.165) is 11.3 Å². The monoisotopic (exact) mass is 1060 g/mol. The molecule has 2 heterocycles. The molecule has 0 bridgehead atoms. The Morgan fingerprint density at radius 3 is 2.55 bits per heavy atom. The van der Waals surface area contributed by atoms with Gasteiger partial charge in [0, 0.05) is 52.1 Å². The minimum atomic E-state index is -1.13. The SMILES string of the molecule is I[CH-]I.NC(=Nc1cc[c-]cc1)N1CC=C(c2ncc([C@H](O)CO)cc2F)CC1.[Tl].[U+2]. The molecule has 3 rings (SSSR count). The third-order valence-electron chi connectivity index (χ3n) is 4.20. The van der Waals surface area contributed by atoms with Crippen molar-refractivity contribution in [2.24, 2.45) is 10.7 Å². The molecule has 4 N–H and O–H groups in total. The minimum Gasteiger partial charge on any atom is -0.393 e. The number of aromatic nitrogens is 1. The molecule has 0 amide bonds. The molecule has 1 aliphatic rings. The fourth-order valence-corrected chi connectivity index (χ4v) is 2.72. The van der Waals surface area contributed by atoms with Gasteiger partial charge in [0.1, 0.15) is 17.6 Å². The summed E-state index contributed by atoms with van der Waals surface area (Å²) in [6, 6.07) is 11.3. The van der Waals surface area contributed by atoms with Gasteiger partial charge in [0.2, 0.25) is 0 Å². The van der Waals surface area contributed by atoms with Crippen molar-refractivity contribution >= 4 is 89.7 Å². The van der Waals surface area contributed by atoms with Gasteiger partial charge in [0.15, 0.2) is 5.96 Å². The molecule has 1 aliphatic heterocycles. The second kappa shape index (κ2) is 17.2. The van der Waals surface area contributed by atoms with E-state index in [0.29, 0.717) is 25.5 Å². The molecule has 1 aromatic heterocycles. The van der Waals surface area contributed by atoms with E-state index in [-0.39, 0.29) is 69.7 Å². The first-order chi connectivity index (χ1) is 14.0. The number of aliphatic imine (C=N–C) groups is 1. The molecule has 6 nitrogen and oxygen atoms in total. The van der Waals surface area contributed by atoms with Crippen LogP contribution in [0.4, 0.5) is 10.1 Å². The third kappa shape index (κ3) is 10.2. The van der Waals surface area contributed by atoms with Crippen molar-refractivity contribution in [1.82, 2.24) is 9.88 Å². The maximum Gasteiger partial charge on any atom is 2.00 e. The molecule has 1 aromatic carbocycles. The summed E-state index contributed by atoms with van der Waals surface area (Å²) in [7, 11) is 0. The number of nitrogens with zero attached hydrogens (tertiary/aromatic N) is 3. The molecule has 0 spiro atoms. The maximum absolute atomic E-state index is 14.3. The first-order valence-corrected chi connectivity index (χ1v) is 11.2. The molecule has 2 aromatic rings. The number of nitrogens with two attached hydrogens (primary N) is 1. The second-order valence-corrected chi connectivity index (χ2v) is 9.66. The first kappa shape index (κ1) is 31.7. The van der Waals surface area contributed by atoms with Gasteiger partial charge >= 0.3 is 31.1 Å². The van der Waals surface area contributed by atoms with Gasteiger partial charge in [0.25, 0.3) is 0 Å². The van der Waals surface area contributed by atoms with Crippen molar-refractivity contribution in [3.63, 3.8) is 0 Å². The summed E-state index contributed by atoms with van der Waals surface area (Å²) in [4.78, 5) is 10.4. The van der Waals surface area contributed by atoms with Gasteiger partial charge in [-0.1, -0.05) is 6.08 Å². The number of guanidine groups is 1. The molecular formula is C20H21FI2N4O2TlU. The van der Waals surface area contributed by atoms with E-state index in [1.165, 1.54) is 12.3 Å². The number of hydrogen-bond donors (Lipinski definition) is 3. The predicted octanol–water partition coefficient (Wildman–Crippen LogP) is 3.38. The van der Waals surface area contributed by atoms with E-state index in [9.17, 15) is 9.50 Å². The Bertz CT molecular complexity index is 862. The number of aliphatic hydroxyl groups excluding tert-OH is 2. The Kier molecular flexibility index (Phi) is 17.5. The maximum atomic E-state index is 14.3. The van der Waals surface area contributed by atoms with E-state index in [1.807, 2.05) is 25.5 Å². The van der Waals surface area contributed by atoms with Gasteiger partial charge in [-0.05, 0) is 23.7 Å². The molecule has 1 radical (unpaired) electrons. The van der Waals surface area contributed by atoms with E-state index < -0.39 is 18.5 Å². The summed E-state index contributed by atoms with van der Waals surface area (Å²) < 4.78 is 16.3. The van der Waals surface area contributed by atoms with Crippen LogP contribution in [0.25, 0.3) is 5.57 Å². The van der Waals surface area contributed by atoms with E-state index in [1.54, 1.807) is 12.1 Å². The van der Waals surface area contributed by atoms with Gasteiger partial charge in [0.05, 0.1) is 6.61 Å². The van der Waals surface area contributed by atoms with Crippen molar-refractivity contribution in [3.05, 3.63) is 68.2 Å². The number of rotatable bonds is 4. The number of pyridine rings is 1. The Morgan fingerprint density at radius 1 is 1.39 bits per heavy atom. The van der Waals surface area contributed by atoms with E-state index in [2.05, 4.69) is 61.2 Å². The fourth-order valence-electron chi connectivity index (χ4n) is 2.72. The smallest absolute Gasteiger partial charge is 0.393 e. The van der Waals surface area contributed by atoms with Crippen LogP contribution >= 0.6 is 45.2 Å². The van der Waals surface area contributed by atoms with Gasteiger partial charge in [-0.3, -0.25) is 4.98 Å². The van der Waals surface area contributed by atoms with Crippen LogP contribution < -0.4 is 5.73 Å². The van der Waals surface area contributed by atoms with Crippen LogP contribution in [0.5, 0.6) is 0 Å². The summed E-state index contributed by atoms with van der Waals surface area (Å²) in [6.07, 6.45) is 2.70. The zero-order valence-corrected chi connectivity index (χ0v) is 29.5. The fraction of sp³-hybridized carbons (Fsp3) is 0.250. The van der Waals surface area contributed by atoms with Crippen molar-refractivity contribution < 1.29 is 45.7 Å². The Morgan fingerprint density at radius 2 is 2.03 bits per heavy atom. The second-order valence-electron chi connectivity index (χ2n) is 6.03. The van der Waals surface area contributed by atoms with Gasteiger partial charge in [-0.15, -0.1) is 12.1 Å². The van der Waals surface area contributed by atoms with Crippen molar-refractivity contribution in [1.29, 1.82) is 0 Å². The van der Waals surface area contributed by atoms with Crippen LogP contribution in [0, 0.1) is 45.4 Å². The molecule has 0 saturated carbocycles.